The van der Waals surface area contributed by atoms with Gasteiger partial charge in [0.05, 0.1) is 27.4 Å². The smallest absolute Gasteiger partial charge is 0.305 e. The first-order valence-corrected chi connectivity index (χ1v) is 12.3. The lowest BCUT2D eigenvalue weighted by Crippen LogP contribution is -2.24. The van der Waals surface area contributed by atoms with Gasteiger partial charge >= 0.3 is 5.00 Å². The van der Waals surface area contributed by atoms with Crippen molar-refractivity contribution in [3.05, 3.63) is 56.8 Å². The third-order valence-corrected chi connectivity index (χ3v) is 7.58. The molecule has 1 amide bonds. The number of amides is 1. The Kier molecular flexibility index (Phi) is 5.97. The van der Waals surface area contributed by atoms with E-state index in [0.29, 0.717) is 33.0 Å². The Morgan fingerprint density at radius 3 is 2.63 bits per heavy atom. The van der Waals surface area contributed by atoms with E-state index < -0.39 is 10.8 Å². The standard InChI is InChI=1S/C23H22ClN7O3S/c1-23(2)9-7-14(8-10-23)30-21-15(12-26-30)20(27-19(28-21)13-3-5-17(24)25-11-13)29-22(32)16-4-6-18(35-16)31(33)34/h3-6,11-12,14H,7-10H2,1-2H3,(H,27,28,29,32). The lowest BCUT2D eigenvalue weighted by atomic mass is 9.75. The minimum Gasteiger partial charge on any atom is -0.305 e. The molecule has 12 heteroatoms. The second-order valence-electron chi connectivity index (χ2n) is 9.34. The van der Waals surface area contributed by atoms with Crippen LogP contribution in [0.3, 0.4) is 0 Å². The number of pyridine rings is 1. The third-order valence-electron chi connectivity index (χ3n) is 6.32. The fourth-order valence-corrected chi connectivity index (χ4v) is 5.10. The summed E-state index contributed by atoms with van der Waals surface area (Å²) in [7, 11) is 0. The number of nitro groups is 1. The van der Waals surface area contributed by atoms with Crippen LogP contribution in [0.25, 0.3) is 22.4 Å². The maximum atomic E-state index is 12.9. The zero-order chi connectivity index (χ0) is 24.7. The van der Waals surface area contributed by atoms with Crippen molar-refractivity contribution < 1.29 is 9.72 Å². The van der Waals surface area contributed by atoms with Crippen LogP contribution in [0.1, 0.15) is 55.2 Å². The lowest BCUT2D eigenvalue weighted by molar-refractivity contribution is -0.380. The van der Waals surface area contributed by atoms with Crippen molar-refractivity contribution in [3.8, 4) is 11.4 Å². The van der Waals surface area contributed by atoms with E-state index in [1.165, 1.54) is 12.1 Å². The topological polar surface area (TPSA) is 129 Å². The fraction of sp³-hybridized carbons (Fsp3) is 0.348. The van der Waals surface area contributed by atoms with Crippen molar-refractivity contribution in [1.82, 2.24) is 24.7 Å². The average molecular weight is 512 g/mol. The van der Waals surface area contributed by atoms with Crippen molar-refractivity contribution in [2.45, 2.75) is 45.6 Å². The second-order valence-corrected chi connectivity index (χ2v) is 10.8. The number of anilines is 1. The quantitative estimate of drug-likeness (QED) is 0.200. The average Bonchev–Trinajstić information content (AvgIpc) is 3.48. The lowest BCUT2D eigenvalue weighted by Gasteiger charge is -2.34. The van der Waals surface area contributed by atoms with Crippen molar-refractivity contribution in [2.24, 2.45) is 5.41 Å². The third kappa shape index (κ3) is 4.73. The number of nitrogens with zero attached hydrogens (tertiary/aromatic N) is 6. The summed E-state index contributed by atoms with van der Waals surface area (Å²) < 4.78 is 1.92. The highest BCUT2D eigenvalue weighted by molar-refractivity contribution is 7.17. The van der Waals surface area contributed by atoms with Gasteiger partial charge in [-0.15, -0.1) is 0 Å². The summed E-state index contributed by atoms with van der Waals surface area (Å²) in [5.74, 6) is 0.158. The second kappa shape index (κ2) is 8.97. The number of carbonyl (C=O) groups is 1. The van der Waals surface area contributed by atoms with E-state index in [1.54, 1.807) is 24.5 Å². The molecule has 0 unspecified atom stereocenters. The highest BCUT2D eigenvalue weighted by Crippen LogP contribution is 2.41. The predicted octanol–water partition coefficient (Wildman–Crippen LogP) is 5.91. The van der Waals surface area contributed by atoms with Crippen LogP contribution in [0.4, 0.5) is 10.8 Å². The van der Waals surface area contributed by atoms with Crippen LogP contribution in [0, 0.1) is 15.5 Å². The Bertz CT molecular complexity index is 1420. The zero-order valence-corrected chi connectivity index (χ0v) is 20.6. The summed E-state index contributed by atoms with van der Waals surface area (Å²) >= 11 is 6.75. The van der Waals surface area contributed by atoms with Crippen LogP contribution in [-0.2, 0) is 0 Å². The first-order valence-electron chi connectivity index (χ1n) is 11.1. The molecule has 4 aromatic heterocycles. The monoisotopic (exact) mass is 511 g/mol. The Morgan fingerprint density at radius 1 is 1.20 bits per heavy atom. The maximum absolute atomic E-state index is 12.9. The Morgan fingerprint density at radius 2 is 1.97 bits per heavy atom. The molecule has 4 aromatic rings. The zero-order valence-electron chi connectivity index (χ0n) is 19.1. The molecular formula is C23H22ClN7O3S. The molecular weight excluding hydrogens is 490 g/mol. The molecule has 0 aliphatic heterocycles. The number of hydrogen-bond donors (Lipinski definition) is 1. The number of nitrogens with one attached hydrogen (secondary N) is 1. The van der Waals surface area contributed by atoms with Crippen molar-refractivity contribution in [1.29, 1.82) is 0 Å². The minimum atomic E-state index is -0.522. The predicted molar refractivity (Wildman–Crippen MR) is 134 cm³/mol. The van der Waals surface area contributed by atoms with Crippen LogP contribution in [0.2, 0.25) is 5.15 Å². The molecule has 0 atom stereocenters. The van der Waals surface area contributed by atoms with E-state index in [4.69, 9.17) is 16.6 Å². The number of hydrogen-bond acceptors (Lipinski definition) is 8. The molecule has 0 spiro atoms. The van der Waals surface area contributed by atoms with E-state index in [-0.39, 0.29) is 21.7 Å². The fourth-order valence-electron chi connectivity index (χ4n) is 4.27. The van der Waals surface area contributed by atoms with Crippen LogP contribution >= 0.6 is 22.9 Å². The van der Waals surface area contributed by atoms with E-state index in [9.17, 15) is 14.9 Å². The number of thiophene rings is 1. The molecule has 1 N–H and O–H groups in total. The Labute approximate surface area is 209 Å². The van der Waals surface area contributed by atoms with Crippen LogP contribution < -0.4 is 5.32 Å². The Balaban J connectivity index is 1.56. The van der Waals surface area contributed by atoms with Crippen LogP contribution in [-0.4, -0.2) is 35.6 Å². The minimum absolute atomic E-state index is 0.107. The van der Waals surface area contributed by atoms with Gasteiger partial charge in [-0.25, -0.2) is 19.6 Å². The molecule has 1 aliphatic carbocycles. The van der Waals surface area contributed by atoms with Crippen molar-refractivity contribution >= 4 is 50.7 Å². The van der Waals surface area contributed by atoms with Crippen molar-refractivity contribution in [2.75, 3.05) is 5.32 Å². The molecule has 5 rings (SSSR count). The summed E-state index contributed by atoms with van der Waals surface area (Å²) in [6.45, 7) is 4.56. The first kappa shape index (κ1) is 23.3. The largest absolute Gasteiger partial charge is 0.324 e. The van der Waals surface area contributed by atoms with E-state index >= 15 is 0 Å². The van der Waals surface area contributed by atoms with Gasteiger partial charge in [0.2, 0.25) is 0 Å². The van der Waals surface area contributed by atoms with Crippen LogP contribution in [0.5, 0.6) is 0 Å². The summed E-state index contributed by atoms with van der Waals surface area (Å²) in [6.07, 6.45) is 7.35. The number of aromatic nitrogens is 5. The van der Waals surface area contributed by atoms with Gasteiger partial charge in [0, 0.05) is 17.8 Å². The van der Waals surface area contributed by atoms with Gasteiger partial charge in [-0.3, -0.25) is 14.9 Å². The number of halogens is 1. The van der Waals surface area contributed by atoms with E-state index in [1.807, 2.05) is 4.68 Å². The summed E-state index contributed by atoms with van der Waals surface area (Å²) in [6, 6.07) is 6.33. The normalized spacial score (nSPS) is 15.9. The summed E-state index contributed by atoms with van der Waals surface area (Å²) in [5, 5.41) is 19.3. The van der Waals surface area contributed by atoms with Gasteiger partial charge in [-0.05, 0) is 49.3 Å². The molecule has 0 radical (unpaired) electrons. The Hall–Kier alpha value is -3.44. The van der Waals surface area contributed by atoms with Gasteiger partial charge in [-0.2, -0.15) is 5.10 Å². The number of fused-ring (bicyclic) bond motifs is 1. The molecule has 180 valence electrons. The summed E-state index contributed by atoms with van der Waals surface area (Å²) in [5.41, 5.74) is 1.55. The van der Waals surface area contributed by atoms with Gasteiger partial charge in [0.15, 0.2) is 11.5 Å². The van der Waals surface area contributed by atoms with E-state index in [0.717, 1.165) is 37.0 Å². The molecule has 1 aliphatic rings. The van der Waals surface area contributed by atoms with Gasteiger partial charge in [0.25, 0.3) is 5.91 Å². The molecule has 10 nitrogen and oxygen atoms in total. The van der Waals surface area contributed by atoms with Gasteiger partial charge < -0.3 is 5.32 Å². The molecule has 35 heavy (non-hydrogen) atoms. The first-order chi connectivity index (χ1) is 16.7. The molecule has 1 saturated carbocycles. The highest BCUT2D eigenvalue weighted by atomic mass is 35.5. The number of carbonyl (C=O) groups excluding carboxylic acids is 1. The maximum Gasteiger partial charge on any atom is 0.324 e. The molecule has 0 saturated heterocycles. The molecule has 0 aromatic carbocycles. The molecule has 0 bridgehead atoms. The SMILES string of the molecule is CC1(C)CCC(n2ncc3c(NC(=O)c4ccc([N+](=O)[O-])s4)nc(-c4ccc(Cl)nc4)nc32)CC1. The van der Waals surface area contributed by atoms with E-state index in [2.05, 4.69) is 34.2 Å². The molecule has 4 heterocycles. The van der Waals surface area contributed by atoms with Crippen LogP contribution in [0.15, 0.2) is 36.7 Å². The molecule has 1 fully saturated rings. The van der Waals surface area contributed by atoms with Gasteiger partial charge in [-0.1, -0.05) is 36.8 Å². The van der Waals surface area contributed by atoms with Crippen molar-refractivity contribution in [3.63, 3.8) is 0 Å². The summed E-state index contributed by atoms with van der Waals surface area (Å²) in [4.78, 5) is 37.1. The highest BCUT2D eigenvalue weighted by Gasteiger charge is 2.30. The number of rotatable bonds is 5. The van der Waals surface area contributed by atoms with Gasteiger partial charge in [0.1, 0.15) is 11.0 Å².